The maximum absolute atomic E-state index is 13.8. The van der Waals surface area contributed by atoms with E-state index in [2.05, 4.69) is 10.3 Å². The van der Waals surface area contributed by atoms with Crippen molar-refractivity contribution in [3.63, 3.8) is 0 Å². The standard InChI is InChI=1S/C28H32N4O6S/c1-17(2)14-21(30-27(34)26-18(3)20-9-4-5-10-24(20)38-26)28(35)31-13-11-22-25(31)23(33)15-32(22)39(36,37)16-19-8-6-7-12-29-19/h4-10,12,17,21-22,25H,11,13-16H2,1-3H3,(H,30,34). The number of carbonyl (C=O) groups is 3. The van der Waals surface area contributed by atoms with Crippen LogP contribution in [0, 0.1) is 12.8 Å². The molecule has 206 valence electrons. The molecule has 2 fully saturated rings. The van der Waals surface area contributed by atoms with Crippen LogP contribution in [-0.4, -0.2) is 71.4 Å². The lowest BCUT2D eigenvalue weighted by atomic mass is 10.0. The quantitative estimate of drug-likeness (QED) is 0.455. The SMILES string of the molecule is Cc1c(C(=O)NC(CC(C)C)C(=O)N2CCC3C2C(=O)CN3S(=O)(=O)Cc2ccccn2)oc2ccccc12. The Morgan fingerprint density at radius 2 is 1.90 bits per heavy atom. The molecule has 39 heavy (non-hydrogen) atoms. The van der Waals surface area contributed by atoms with Gasteiger partial charge in [-0.05, 0) is 43.9 Å². The molecule has 0 saturated carbocycles. The number of furan rings is 1. The molecular weight excluding hydrogens is 520 g/mol. The van der Waals surface area contributed by atoms with E-state index in [1.165, 1.54) is 15.4 Å². The zero-order valence-corrected chi connectivity index (χ0v) is 23.0. The third-order valence-electron chi connectivity index (χ3n) is 7.43. The predicted octanol–water partition coefficient (Wildman–Crippen LogP) is 2.66. The van der Waals surface area contributed by atoms with Crippen molar-refractivity contribution in [2.24, 2.45) is 5.92 Å². The highest BCUT2D eigenvalue weighted by Crippen LogP contribution is 2.33. The van der Waals surface area contributed by atoms with Gasteiger partial charge in [0.2, 0.25) is 15.9 Å². The maximum atomic E-state index is 13.8. The van der Waals surface area contributed by atoms with Crippen LogP contribution in [0.1, 0.15) is 48.5 Å². The van der Waals surface area contributed by atoms with E-state index in [4.69, 9.17) is 4.42 Å². The van der Waals surface area contributed by atoms with Crippen molar-refractivity contribution in [2.45, 2.75) is 57.5 Å². The number of hydrogen-bond donors (Lipinski definition) is 1. The lowest BCUT2D eigenvalue weighted by molar-refractivity contribution is -0.138. The van der Waals surface area contributed by atoms with E-state index in [1.807, 2.05) is 32.0 Å². The Morgan fingerprint density at radius 1 is 1.15 bits per heavy atom. The Balaban J connectivity index is 1.35. The van der Waals surface area contributed by atoms with Crippen molar-refractivity contribution in [3.05, 3.63) is 65.7 Å². The Hall–Kier alpha value is -3.57. The zero-order valence-electron chi connectivity index (χ0n) is 22.2. The van der Waals surface area contributed by atoms with Crippen LogP contribution >= 0.6 is 0 Å². The third-order valence-corrected chi connectivity index (χ3v) is 9.21. The van der Waals surface area contributed by atoms with Crippen LogP contribution in [-0.2, 0) is 25.4 Å². The molecule has 5 rings (SSSR count). The molecule has 3 aromatic rings. The number of nitrogens with one attached hydrogen (secondary N) is 1. The minimum atomic E-state index is -3.83. The number of rotatable bonds is 8. The van der Waals surface area contributed by atoms with E-state index in [0.717, 1.165) is 5.39 Å². The second kappa shape index (κ2) is 10.5. The number of sulfonamides is 1. The van der Waals surface area contributed by atoms with Gasteiger partial charge in [-0.25, -0.2) is 8.42 Å². The average molecular weight is 553 g/mol. The van der Waals surface area contributed by atoms with Gasteiger partial charge in [0, 0.05) is 23.7 Å². The second-order valence-electron chi connectivity index (χ2n) is 10.6. The Labute approximate surface area is 227 Å². The number of benzene rings is 1. The largest absolute Gasteiger partial charge is 0.451 e. The van der Waals surface area contributed by atoms with Crippen LogP contribution in [0.4, 0.5) is 0 Å². The fourth-order valence-corrected chi connectivity index (χ4v) is 7.31. The molecule has 0 radical (unpaired) electrons. The van der Waals surface area contributed by atoms with E-state index in [-0.39, 0.29) is 36.3 Å². The number of likely N-dealkylation sites (tertiary alicyclic amines) is 1. The molecule has 2 aliphatic heterocycles. The second-order valence-corrected chi connectivity index (χ2v) is 12.6. The number of pyridine rings is 1. The van der Waals surface area contributed by atoms with Crippen molar-refractivity contribution in [3.8, 4) is 0 Å². The van der Waals surface area contributed by atoms with Gasteiger partial charge in [0.25, 0.3) is 5.91 Å². The average Bonchev–Trinajstić information content (AvgIpc) is 3.57. The topological polar surface area (TPSA) is 130 Å². The monoisotopic (exact) mass is 552 g/mol. The molecule has 3 unspecified atom stereocenters. The van der Waals surface area contributed by atoms with E-state index in [1.54, 1.807) is 31.2 Å². The van der Waals surface area contributed by atoms with E-state index in [9.17, 15) is 22.8 Å². The number of Topliss-reactive ketones (excluding diaryl/α,β-unsaturated/α-hetero) is 1. The van der Waals surface area contributed by atoms with Crippen molar-refractivity contribution >= 4 is 38.6 Å². The molecule has 2 aliphatic rings. The first-order valence-corrected chi connectivity index (χ1v) is 14.7. The number of hydrogen-bond acceptors (Lipinski definition) is 7. The summed E-state index contributed by atoms with van der Waals surface area (Å²) in [5, 5.41) is 3.66. The molecule has 1 N–H and O–H groups in total. The van der Waals surface area contributed by atoms with Gasteiger partial charge in [-0.3, -0.25) is 19.4 Å². The number of fused-ring (bicyclic) bond motifs is 2. The van der Waals surface area contributed by atoms with Crippen LogP contribution < -0.4 is 5.32 Å². The van der Waals surface area contributed by atoms with Gasteiger partial charge in [0.1, 0.15) is 23.4 Å². The molecule has 4 heterocycles. The smallest absolute Gasteiger partial charge is 0.287 e. The number of aryl methyl sites for hydroxylation is 1. The summed E-state index contributed by atoms with van der Waals surface area (Å²) in [5.41, 5.74) is 1.65. The van der Waals surface area contributed by atoms with Gasteiger partial charge in [0.05, 0.1) is 18.3 Å². The summed E-state index contributed by atoms with van der Waals surface area (Å²) in [7, 11) is -3.83. The van der Waals surface area contributed by atoms with Crippen molar-refractivity contribution in [1.82, 2.24) is 19.5 Å². The zero-order chi connectivity index (χ0) is 27.9. The number of para-hydroxylation sites is 1. The van der Waals surface area contributed by atoms with Crippen LogP contribution in [0.15, 0.2) is 53.1 Å². The molecular formula is C28H32N4O6S. The number of carbonyl (C=O) groups excluding carboxylic acids is 3. The number of nitrogens with zero attached hydrogens (tertiary/aromatic N) is 3. The summed E-state index contributed by atoms with van der Waals surface area (Å²) in [6, 6.07) is 9.95. The number of aromatic nitrogens is 1. The third kappa shape index (κ3) is 5.20. The molecule has 10 nitrogen and oxygen atoms in total. The van der Waals surface area contributed by atoms with E-state index in [0.29, 0.717) is 29.7 Å². The lowest BCUT2D eigenvalue weighted by Crippen LogP contribution is -2.53. The first-order chi connectivity index (χ1) is 18.6. The van der Waals surface area contributed by atoms with Gasteiger partial charge < -0.3 is 14.6 Å². The summed E-state index contributed by atoms with van der Waals surface area (Å²) in [4.78, 5) is 45.7. The molecule has 0 bridgehead atoms. The molecule has 2 amide bonds. The summed E-state index contributed by atoms with van der Waals surface area (Å²) >= 11 is 0. The number of ketones is 1. The van der Waals surface area contributed by atoms with Crippen molar-refractivity contribution in [1.29, 1.82) is 0 Å². The summed E-state index contributed by atoms with van der Waals surface area (Å²) in [6.07, 6.45) is 2.22. The van der Waals surface area contributed by atoms with Crippen LogP contribution in [0.3, 0.4) is 0 Å². The van der Waals surface area contributed by atoms with Gasteiger partial charge >= 0.3 is 0 Å². The first-order valence-electron chi connectivity index (χ1n) is 13.1. The van der Waals surface area contributed by atoms with Gasteiger partial charge in [0.15, 0.2) is 11.5 Å². The Kier molecular flexibility index (Phi) is 7.30. The fraction of sp³-hybridized carbons (Fsp3) is 0.429. The molecule has 11 heteroatoms. The molecule has 1 aromatic carbocycles. The van der Waals surface area contributed by atoms with Crippen molar-refractivity contribution in [2.75, 3.05) is 13.1 Å². The minimum absolute atomic E-state index is 0.0731. The lowest BCUT2D eigenvalue weighted by Gasteiger charge is -2.29. The minimum Gasteiger partial charge on any atom is -0.451 e. The van der Waals surface area contributed by atoms with E-state index >= 15 is 0 Å². The first kappa shape index (κ1) is 27.0. The molecule has 0 aliphatic carbocycles. The summed E-state index contributed by atoms with van der Waals surface area (Å²) in [5.74, 6) is -1.32. The fourth-order valence-electron chi connectivity index (χ4n) is 5.64. The van der Waals surface area contributed by atoms with E-state index < -0.39 is 40.0 Å². The highest BCUT2D eigenvalue weighted by atomic mass is 32.2. The molecule has 2 aromatic heterocycles. The van der Waals surface area contributed by atoms with Gasteiger partial charge in [-0.1, -0.05) is 38.1 Å². The highest BCUT2D eigenvalue weighted by Gasteiger charge is 2.54. The maximum Gasteiger partial charge on any atom is 0.287 e. The van der Waals surface area contributed by atoms with Crippen LogP contribution in [0.5, 0.6) is 0 Å². The molecule has 3 atom stereocenters. The summed E-state index contributed by atoms with van der Waals surface area (Å²) in [6.45, 7) is 5.62. The normalized spacial score (nSPS) is 20.5. The van der Waals surface area contributed by atoms with Crippen LogP contribution in [0.25, 0.3) is 11.0 Å². The highest BCUT2D eigenvalue weighted by molar-refractivity contribution is 7.88. The predicted molar refractivity (Wildman–Crippen MR) is 144 cm³/mol. The summed E-state index contributed by atoms with van der Waals surface area (Å²) < 4.78 is 33.4. The Bertz CT molecular complexity index is 1520. The van der Waals surface area contributed by atoms with Gasteiger partial charge in [-0.15, -0.1) is 0 Å². The van der Waals surface area contributed by atoms with Gasteiger partial charge in [-0.2, -0.15) is 4.31 Å². The Morgan fingerprint density at radius 3 is 2.59 bits per heavy atom. The molecule has 2 saturated heterocycles. The van der Waals surface area contributed by atoms with Crippen LogP contribution in [0.2, 0.25) is 0 Å². The molecule has 0 spiro atoms. The van der Waals surface area contributed by atoms with Crippen molar-refractivity contribution < 1.29 is 27.2 Å². The number of amides is 2.